The summed E-state index contributed by atoms with van der Waals surface area (Å²) < 4.78 is 23.6. The van der Waals surface area contributed by atoms with E-state index in [0.29, 0.717) is 12.1 Å². The largest absolute Gasteiger partial charge is 0.357 e. The van der Waals surface area contributed by atoms with Gasteiger partial charge in [-0.25, -0.2) is 13.4 Å². The molecule has 1 aliphatic rings. The molecule has 7 heteroatoms. The molecule has 1 aromatic carbocycles. The number of hydrogen-bond acceptors (Lipinski definition) is 5. The number of carbonyl (C=O) groups excluding carboxylic acids is 1. The van der Waals surface area contributed by atoms with E-state index in [1.807, 2.05) is 12.1 Å². The summed E-state index contributed by atoms with van der Waals surface area (Å²) in [7, 11) is -3.25. The van der Waals surface area contributed by atoms with E-state index >= 15 is 0 Å². The molecule has 0 saturated carbocycles. The van der Waals surface area contributed by atoms with E-state index in [2.05, 4.69) is 15.2 Å². The van der Waals surface area contributed by atoms with E-state index in [1.54, 1.807) is 13.1 Å². The molecule has 0 aliphatic carbocycles. The Kier molecular flexibility index (Phi) is 5.56. The molecule has 0 unspecified atom stereocenters. The number of hydrogen-bond donors (Lipinski definition) is 1. The van der Waals surface area contributed by atoms with Crippen molar-refractivity contribution in [3.8, 4) is 0 Å². The standard InChI is InChI=1S/C19H23N3O3S/c1-2-26(24,25)17-8-6-16(7-9-17)19(23)21-14-15-5-10-18(20-13-15)22-11-3-4-12-22/h5-10,13H,2-4,11-12,14H2,1H3,(H,21,23). The fraction of sp³-hybridized carbons (Fsp3) is 0.368. The van der Waals surface area contributed by atoms with E-state index < -0.39 is 9.84 Å². The van der Waals surface area contributed by atoms with Crippen LogP contribution in [0.1, 0.15) is 35.7 Å². The monoisotopic (exact) mass is 373 g/mol. The molecule has 138 valence electrons. The van der Waals surface area contributed by atoms with Gasteiger partial charge < -0.3 is 10.2 Å². The molecule has 2 heterocycles. The van der Waals surface area contributed by atoms with Crippen LogP contribution in [0.15, 0.2) is 47.5 Å². The first-order valence-corrected chi connectivity index (χ1v) is 10.5. The van der Waals surface area contributed by atoms with Crippen LogP contribution in [0.3, 0.4) is 0 Å². The number of nitrogens with zero attached hydrogens (tertiary/aromatic N) is 2. The topological polar surface area (TPSA) is 79.4 Å². The Morgan fingerprint density at radius 2 is 1.81 bits per heavy atom. The minimum atomic E-state index is -3.25. The van der Waals surface area contributed by atoms with Gasteiger partial charge in [-0.05, 0) is 48.7 Å². The third kappa shape index (κ3) is 4.22. The summed E-state index contributed by atoms with van der Waals surface area (Å²) in [5, 5.41) is 2.83. The molecule has 1 fully saturated rings. The summed E-state index contributed by atoms with van der Waals surface area (Å²) >= 11 is 0. The van der Waals surface area contributed by atoms with Crippen LogP contribution in [0, 0.1) is 0 Å². The lowest BCUT2D eigenvalue weighted by molar-refractivity contribution is 0.0951. The van der Waals surface area contributed by atoms with Crippen molar-refractivity contribution >= 4 is 21.6 Å². The molecular formula is C19H23N3O3S. The summed E-state index contributed by atoms with van der Waals surface area (Å²) in [5.74, 6) is 0.776. The van der Waals surface area contributed by atoms with Crippen molar-refractivity contribution in [2.75, 3.05) is 23.7 Å². The Hall–Kier alpha value is -2.41. The van der Waals surface area contributed by atoms with E-state index in [9.17, 15) is 13.2 Å². The fourth-order valence-corrected chi connectivity index (χ4v) is 3.80. The highest BCUT2D eigenvalue weighted by atomic mass is 32.2. The van der Waals surface area contributed by atoms with Crippen LogP contribution in [0.4, 0.5) is 5.82 Å². The Bertz CT molecular complexity index is 856. The first kappa shape index (κ1) is 18.4. The molecule has 0 radical (unpaired) electrons. The van der Waals surface area contributed by atoms with Gasteiger partial charge in [0.05, 0.1) is 10.6 Å². The number of pyridine rings is 1. The lowest BCUT2D eigenvalue weighted by Crippen LogP contribution is -2.23. The average molecular weight is 373 g/mol. The second kappa shape index (κ2) is 7.86. The van der Waals surface area contributed by atoms with E-state index in [-0.39, 0.29) is 16.6 Å². The first-order chi connectivity index (χ1) is 12.5. The molecule has 1 aliphatic heterocycles. The van der Waals surface area contributed by atoms with Crippen LogP contribution >= 0.6 is 0 Å². The molecule has 1 saturated heterocycles. The SMILES string of the molecule is CCS(=O)(=O)c1ccc(C(=O)NCc2ccc(N3CCCC3)nc2)cc1. The summed E-state index contributed by atoms with van der Waals surface area (Å²) in [6.07, 6.45) is 4.19. The third-order valence-corrected chi connectivity index (χ3v) is 6.30. The Balaban J connectivity index is 1.58. The lowest BCUT2D eigenvalue weighted by atomic mass is 10.2. The summed E-state index contributed by atoms with van der Waals surface area (Å²) in [6, 6.07) is 9.97. The summed E-state index contributed by atoms with van der Waals surface area (Å²) in [6.45, 7) is 4.07. The second-order valence-corrected chi connectivity index (χ2v) is 8.61. The minimum absolute atomic E-state index is 0.0406. The van der Waals surface area contributed by atoms with Gasteiger partial charge in [0.1, 0.15) is 5.82 Å². The smallest absolute Gasteiger partial charge is 0.251 e. The fourth-order valence-electron chi connectivity index (χ4n) is 2.92. The van der Waals surface area contributed by atoms with Gasteiger partial charge in [0, 0.05) is 31.4 Å². The molecule has 3 rings (SSSR count). The molecular weight excluding hydrogens is 350 g/mol. The molecule has 1 N–H and O–H groups in total. The van der Waals surface area contributed by atoms with Crippen LogP contribution in [0.5, 0.6) is 0 Å². The normalized spacial score (nSPS) is 14.4. The highest BCUT2D eigenvalue weighted by Gasteiger charge is 2.14. The number of sulfone groups is 1. The maximum atomic E-state index is 12.2. The van der Waals surface area contributed by atoms with Gasteiger partial charge in [-0.3, -0.25) is 4.79 Å². The first-order valence-electron chi connectivity index (χ1n) is 8.80. The predicted molar refractivity (Wildman–Crippen MR) is 101 cm³/mol. The molecule has 1 amide bonds. The lowest BCUT2D eigenvalue weighted by Gasteiger charge is -2.16. The van der Waals surface area contributed by atoms with Gasteiger partial charge in [0.15, 0.2) is 9.84 Å². The highest BCUT2D eigenvalue weighted by Crippen LogP contribution is 2.17. The number of benzene rings is 1. The maximum Gasteiger partial charge on any atom is 0.251 e. The van der Waals surface area contributed by atoms with Crippen LogP contribution < -0.4 is 10.2 Å². The Labute approximate surface area is 154 Å². The molecule has 2 aromatic rings. The van der Waals surface area contributed by atoms with Crippen LogP contribution in [-0.4, -0.2) is 38.2 Å². The van der Waals surface area contributed by atoms with Crippen LogP contribution in [-0.2, 0) is 16.4 Å². The second-order valence-electron chi connectivity index (χ2n) is 6.33. The Morgan fingerprint density at radius 3 is 2.38 bits per heavy atom. The quantitative estimate of drug-likeness (QED) is 0.841. The molecule has 6 nitrogen and oxygen atoms in total. The van der Waals surface area contributed by atoms with Gasteiger partial charge in [0.2, 0.25) is 0 Å². The summed E-state index contributed by atoms with van der Waals surface area (Å²) in [5.41, 5.74) is 1.35. The van der Waals surface area contributed by atoms with Crippen molar-refractivity contribution in [2.24, 2.45) is 0 Å². The van der Waals surface area contributed by atoms with Gasteiger partial charge in [0.25, 0.3) is 5.91 Å². The van der Waals surface area contributed by atoms with Crippen molar-refractivity contribution < 1.29 is 13.2 Å². The number of aromatic nitrogens is 1. The summed E-state index contributed by atoms with van der Waals surface area (Å²) in [4.78, 5) is 19.2. The third-order valence-electron chi connectivity index (χ3n) is 4.55. The zero-order chi connectivity index (χ0) is 18.6. The zero-order valence-corrected chi connectivity index (χ0v) is 15.6. The molecule has 1 aromatic heterocycles. The number of rotatable bonds is 6. The minimum Gasteiger partial charge on any atom is -0.357 e. The van der Waals surface area contributed by atoms with Crippen molar-refractivity contribution in [1.82, 2.24) is 10.3 Å². The number of anilines is 1. The van der Waals surface area contributed by atoms with Gasteiger partial charge >= 0.3 is 0 Å². The van der Waals surface area contributed by atoms with E-state index in [1.165, 1.54) is 37.1 Å². The maximum absolute atomic E-state index is 12.2. The molecule has 0 atom stereocenters. The van der Waals surface area contributed by atoms with Crippen molar-refractivity contribution in [2.45, 2.75) is 31.2 Å². The van der Waals surface area contributed by atoms with Crippen molar-refractivity contribution in [3.05, 3.63) is 53.7 Å². The number of nitrogens with one attached hydrogen (secondary N) is 1. The molecule has 0 spiro atoms. The average Bonchev–Trinajstić information content (AvgIpc) is 3.21. The van der Waals surface area contributed by atoms with Gasteiger partial charge in [-0.1, -0.05) is 13.0 Å². The van der Waals surface area contributed by atoms with Gasteiger partial charge in [-0.15, -0.1) is 0 Å². The van der Waals surface area contributed by atoms with Crippen LogP contribution in [0.2, 0.25) is 0 Å². The molecule has 26 heavy (non-hydrogen) atoms. The number of amides is 1. The highest BCUT2D eigenvalue weighted by molar-refractivity contribution is 7.91. The van der Waals surface area contributed by atoms with E-state index in [4.69, 9.17) is 0 Å². The Morgan fingerprint density at radius 1 is 1.12 bits per heavy atom. The zero-order valence-electron chi connectivity index (χ0n) is 14.8. The van der Waals surface area contributed by atoms with E-state index in [0.717, 1.165) is 24.5 Å². The predicted octanol–water partition coefficient (Wildman–Crippen LogP) is 2.41. The van der Waals surface area contributed by atoms with Crippen LogP contribution in [0.25, 0.3) is 0 Å². The molecule has 0 bridgehead atoms. The number of carbonyl (C=O) groups is 1. The van der Waals surface area contributed by atoms with Crippen molar-refractivity contribution in [1.29, 1.82) is 0 Å². The van der Waals surface area contributed by atoms with Gasteiger partial charge in [-0.2, -0.15) is 0 Å². The van der Waals surface area contributed by atoms with Crippen molar-refractivity contribution in [3.63, 3.8) is 0 Å².